The summed E-state index contributed by atoms with van der Waals surface area (Å²) in [6, 6.07) is 41.5. The molecule has 5 nitrogen and oxygen atoms in total. The molecule has 0 unspecified atom stereocenters. The largest absolute Gasteiger partial charge is 0.507 e. The van der Waals surface area contributed by atoms with Crippen molar-refractivity contribution in [1.29, 1.82) is 0 Å². The molecule has 1 radical (unpaired) electrons. The molecule has 0 atom stereocenters. The van der Waals surface area contributed by atoms with Gasteiger partial charge in [-0.3, -0.25) is 19.3 Å². The summed E-state index contributed by atoms with van der Waals surface area (Å²) in [5.74, 6) is -0.147. The SMILES string of the molecule is Cc1ccnc(-c2[c-]c(-c3cc(C)ccn3)c3oc4ccccc4c3c2)c1.Oc1ccccc1-c1cccc(-c2[c-]cc(F)cc2)n1.[Ir]. The van der Waals surface area contributed by atoms with E-state index >= 15 is 0 Å². The van der Waals surface area contributed by atoms with Gasteiger partial charge in [0.15, 0.2) is 0 Å². The van der Waals surface area contributed by atoms with Crippen molar-refractivity contribution in [3.05, 3.63) is 157 Å². The van der Waals surface area contributed by atoms with Crippen LogP contribution in [0.1, 0.15) is 11.1 Å². The number of hydrogen-bond acceptors (Lipinski definition) is 5. The molecule has 0 bridgehead atoms. The summed E-state index contributed by atoms with van der Waals surface area (Å²) in [5.41, 5.74) is 10.3. The number of para-hydroxylation sites is 2. The molecule has 8 aromatic rings. The Hall–Kier alpha value is -5.49. The van der Waals surface area contributed by atoms with Gasteiger partial charge in [-0.15, -0.1) is 42.0 Å². The quantitative estimate of drug-likeness (QED) is 0.179. The third kappa shape index (κ3) is 6.79. The monoisotopic (exact) mass is 806 g/mol. The van der Waals surface area contributed by atoms with Gasteiger partial charge in [0.1, 0.15) is 11.3 Å². The zero-order valence-electron chi connectivity index (χ0n) is 26.0. The van der Waals surface area contributed by atoms with Crippen LogP contribution in [0.15, 0.2) is 132 Å². The fourth-order valence-corrected chi connectivity index (χ4v) is 5.43. The summed E-state index contributed by atoms with van der Waals surface area (Å²) in [5, 5.41) is 12.0. The van der Waals surface area contributed by atoms with Crippen molar-refractivity contribution >= 4 is 21.9 Å². The Bertz CT molecular complexity index is 2370. The van der Waals surface area contributed by atoms with Crippen molar-refractivity contribution < 1.29 is 34.0 Å². The van der Waals surface area contributed by atoms with E-state index in [1.165, 1.54) is 17.7 Å². The first kappa shape index (κ1) is 32.5. The Labute approximate surface area is 291 Å². The van der Waals surface area contributed by atoms with Gasteiger partial charge in [0.2, 0.25) is 0 Å². The van der Waals surface area contributed by atoms with E-state index in [0.29, 0.717) is 22.5 Å². The predicted octanol–water partition coefficient (Wildman–Crippen LogP) is 10.2. The average molecular weight is 806 g/mol. The molecule has 0 saturated carbocycles. The molecule has 4 aromatic carbocycles. The number of aromatic hydroxyl groups is 1. The Morgan fingerprint density at radius 3 is 2.12 bits per heavy atom. The van der Waals surface area contributed by atoms with Crippen LogP contribution >= 0.6 is 0 Å². The zero-order valence-corrected chi connectivity index (χ0v) is 28.4. The van der Waals surface area contributed by atoms with Crippen LogP contribution in [0.25, 0.3) is 67.0 Å². The van der Waals surface area contributed by atoms with Crippen molar-refractivity contribution in [1.82, 2.24) is 15.0 Å². The molecule has 0 aliphatic rings. The van der Waals surface area contributed by atoms with E-state index in [-0.39, 0.29) is 31.7 Å². The van der Waals surface area contributed by atoms with E-state index in [9.17, 15) is 9.50 Å². The molecule has 4 aromatic heterocycles. The summed E-state index contributed by atoms with van der Waals surface area (Å²) < 4.78 is 19.1. The van der Waals surface area contributed by atoms with Crippen molar-refractivity contribution in [3.8, 4) is 50.8 Å². The summed E-state index contributed by atoms with van der Waals surface area (Å²) in [7, 11) is 0. The third-order valence-electron chi connectivity index (χ3n) is 7.75. The Morgan fingerprint density at radius 1 is 0.667 bits per heavy atom. The maximum absolute atomic E-state index is 12.9. The second kappa shape index (κ2) is 14.1. The van der Waals surface area contributed by atoms with Crippen LogP contribution in [-0.4, -0.2) is 20.1 Å². The fourth-order valence-electron chi connectivity index (χ4n) is 5.43. The minimum atomic E-state index is -0.328. The fraction of sp³-hybridized carbons (Fsp3) is 0.0488. The van der Waals surface area contributed by atoms with Gasteiger partial charge in [0.05, 0.1) is 11.3 Å². The molecule has 0 spiro atoms. The minimum Gasteiger partial charge on any atom is -0.507 e. The molecule has 4 heterocycles. The molecule has 0 aliphatic carbocycles. The second-order valence-electron chi connectivity index (χ2n) is 11.2. The van der Waals surface area contributed by atoms with Crippen molar-refractivity contribution in [2.75, 3.05) is 0 Å². The second-order valence-corrected chi connectivity index (χ2v) is 11.2. The van der Waals surface area contributed by atoms with E-state index in [2.05, 4.69) is 65.2 Å². The van der Waals surface area contributed by atoms with Crippen LogP contribution in [0, 0.1) is 31.8 Å². The van der Waals surface area contributed by atoms with Gasteiger partial charge >= 0.3 is 0 Å². The van der Waals surface area contributed by atoms with Gasteiger partial charge in [-0.25, -0.2) is 0 Å². The van der Waals surface area contributed by atoms with Gasteiger partial charge < -0.3 is 9.52 Å². The number of nitrogens with zero attached hydrogens (tertiary/aromatic N) is 3. The maximum Gasteiger partial charge on any atom is 0.124 e. The molecule has 8 rings (SSSR count). The smallest absolute Gasteiger partial charge is 0.124 e. The number of benzene rings is 4. The third-order valence-corrected chi connectivity index (χ3v) is 7.75. The zero-order chi connectivity index (χ0) is 32.3. The molecule has 237 valence electrons. The van der Waals surface area contributed by atoms with Gasteiger partial charge in [0, 0.05) is 60.7 Å². The van der Waals surface area contributed by atoms with Crippen LogP contribution in [0.3, 0.4) is 0 Å². The van der Waals surface area contributed by atoms with Crippen LogP contribution < -0.4 is 0 Å². The number of phenolic OH excluding ortho intramolecular Hbond substituents is 1. The number of phenols is 1. The van der Waals surface area contributed by atoms with Gasteiger partial charge in [0.25, 0.3) is 0 Å². The molecular weight excluding hydrogens is 778 g/mol. The summed E-state index contributed by atoms with van der Waals surface area (Å²) >= 11 is 0. The van der Waals surface area contributed by atoms with Crippen molar-refractivity contribution in [2.45, 2.75) is 13.8 Å². The van der Waals surface area contributed by atoms with Crippen LogP contribution in [0.5, 0.6) is 5.75 Å². The summed E-state index contributed by atoms with van der Waals surface area (Å²) in [4.78, 5) is 13.6. The minimum absolute atomic E-state index is 0. The predicted molar refractivity (Wildman–Crippen MR) is 184 cm³/mol. The Balaban J connectivity index is 0.000000171. The molecular formula is C41H28FIrN3O2-2. The van der Waals surface area contributed by atoms with Crippen LogP contribution in [0.2, 0.25) is 0 Å². The summed E-state index contributed by atoms with van der Waals surface area (Å²) in [6.45, 7) is 4.13. The van der Waals surface area contributed by atoms with Gasteiger partial charge in [-0.05, 0) is 61.3 Å². The number of rotatable bonds is 4. The molecule has 0 saturated heterocycles. The topological polar surface area (TPSA) is 72.0 Å². The van der Waals surface area contributed by atoms with Crippen molar-refractivity contribution in [2.24, 2.45) is 0 Å². The first-order valence-electron chi connectivity index (χ1n) is 15.1. The molecule has 0 fully saturated rings. The van der Waals surface area contributed by atoms with E-state index in [1.807, 2.05) is 67.0 Å². The number of hydrogen-bond donors (Lipinski definition) is 1. The van der Waals surface area contributed by atoms with Crippen LogP contribution in [-0.2, 0) is 20.1 Å². The van der Waals surface area contributed by atoms with E-state index in [0.717, 1.165) is 50.0 Å². The van der Waals surface area contributed by atoms with Crippen LogP contribution in [0.4, 0.5) is 4.39 Å². The average Bonchev–Trinajstić information content (AvgIpc) is 3.47. The van der Waals surface area contributed by atoms with E-state index < -0.39 is 0 Å². The van der Waals surface area contributed by atoms with Crippen molar-refractivity contribution in [3.63, 3.8) is 0 Å². The first-order valence-corrected chi connectivity index (χ1v) is 15.1. The number of aryl methyl sites for hydroxylation is 2. The molecule has 7 heteroatoms. The maximum atomic E-state index is 12.9. The standard InChI is InChI=1S/C24H17N2O.C17H11FNO.Ir/c1-15-7-9-25-21(11-15)17-13-19-18-5-3-4-6-23(18)27-24(19)20(14-17)22-12-16(2)8-10-26-22;18-13-10-8-12(9-11-13)15-5-3-6-16(19-15)14-4-1-2-7-17(14)20;/h3-13H,1-2H3;1-8,10-11,20H;/q2*-1;. The number of halogens is 1. The first-order chi connectivity index (χ1) is 22.9. The number of fused-ring (bicyclic) bond motifs is 3. The van der Waals surface area contributed by atoms with Gasteiger partial charge in [-0.2, -0.15) is 0 Å². The Kier molecular flexibility index (Phi) is 9.53. The number of furan rings is 1. The molecule has 48 heavy (non-hydrogen) atoms. The van der Waals surface area contributed by atoms with E-state index in [1.54, 1.807) is 24.3 Å². The molecule has 0 amide bonds. The molecule has 0 aliphatic heterocycles. The van der Waals surface area contributed by atoms with E-state index in [4.69, 9.17) is 4.42 Å². The normalized spacial score (nSPS) is 10.7. The summed E-state index contributed by atoms with van der Waals surface area (Å²) in [6.07, 6.45) is 3.66. The Morgan fingerprint density at radius 2 is 1.38 bits per heavy atom. The molecule has 1 N–H and O–H groups in total. The number of pyridine rings is 3. The van der Waals surface area contributed by atoms with Gasteiger partial charge in [-0.1, -0.05) is 76.9 Å². The number of aromatic nitrogens is 3.